The maximum absolute atomic E-state index is 11.8. The molecule has 7 heteroatoms. The summed E-state index contributed by atoms with van der Waals surface area (Å²) in [5.41, 5.74) is 0. The number of aliphatic carboxylic acids is 1. The fourth-order valence-corrected chi connectivity index (χ4v) is 2.14. The minimum atomic E-state index is -0.901. The topological polar surface area (TPSA) is 105 Å². The van der Waals surface area contributed by atoms with Gasteiger partial charge in [-0.2, -0.15) is 4.98 Å². The first-order valence-electron chi connectivity index (χ1n) is 5.44. The van der Waals surface area contributed by atoms with Crippen LogP contribution >= 0.6 is 0 Å². The molecule has 1 aliphatic rings. The molecule has 2 unspecified atom stereocenters. The zero-order valence-corrected chi connectivity index (χ0v) is 9.13. The number of aromatic nitrogens is 2. The van der Waals surface area contributed by atoms with E-state index < -0.39 is 17.8 Å². The summed E-state index contributed by atoms with van der Waals surface area (Å²) in [5, 5.41) is 15.1. The van der Waals surface area contributed by atoms with E-state index >= 15 is 0 Å². The first-order chi connectivity index (χ1) is 8.18. The number of hydrogen-bond donors (Lipinski definition) is 2. The molecule has 0 radical (unpaired) electrons. The second kappa shape index (κ2) is 4.94. The lowest BCUT2D eigenvalue weighted by molar-refractivity contribution is -0.146. The first-order valence-corrected chi connectivity index (χ1v) is 5.44. The van der Waals surface area contributed by atoms with Crippen molar-refractivity contribution >= 4 is 11.9 Å². The van der Waals surface area contributed by atoms with Crippen LogP contribution in [0.1, 0.15) is 25.1 Å². The van der Waals surface area contributed by atoms with Gasteiger partial charge in [0.05, 0.1) is 18.4 Å². The Morgan fingerprint density at radius 2 is 2.24 bits per heavy atom. The molecule has 1 aromatic heterocycles. The molecule has 0 bridgehead atoms. The number of nitrogens with one attached hydrogen (secondary N) is 1. The van der Waals surface area contributed by atoms with E-state index in [2.05, 4.69) is 20.0 Å². The molecule has 17 heavy (non-hydrogen) atoms. The number of carboxylic acid groups (broad SMARTS) is 1. The molecule has 0 aromatic carbocycles. The smallest absolute Gasteiger partial charge is 0.307 e. The van der Waals surface area contributed by atoms with Crippen LogP contribution in [0.2, 0.25) is 0 Å². The van der Waals surface area contributed by atoms with Gasteiger partial charge in [-0.3, -0.25) is 9.59 Å². The van der Waals surface area contributed by atoms with E-state index in [9.17, 15) is 9.59 Å². The number of hydrogen-bond acceptors (Lipinski definition) is 5. The predicted molar refractivity (Wildman–Crippen MR) is 54.6 cm³/mol. The number of rotatable bonds is 4. The lowest BCUT2D eigenvalue weighted by Crippen LogP contribution is -2.35. The van der Waals surface area contributed by atoms with Gasteiger partial charge in [-0.25, -0.2) is 0 Å². The molecular formula is C10H13N3O4. The maximum Gasteiger partial charge on any atom is 0.307 e. The van der Waals surface area contributed by atoms with Crippen LogP contribution in [0, 0.1) is 11.8 Å². The Hall–Kier alpha value is -1.92. The third-order valence-corrected chi connectivity index (χ3v) is 3.00. The van der Waals surface area contributed by atoms with Crippen LogP contribution in [0.5, 0.6) is 0 Å². The van der Waals surface area contributed by atoms with E-state index in [0.717, 1.165) is 6.42 Å². The zero-order valence-electron chi connectivity index (χ0n) is 9.13. The molecule has 1 aromatic rings. The summed E-state index contributed by atoms with van der Waals surface area (Å²) in [6.45, 7) is 0.165. The first kappa shape index (κ1) is 11.6. The summed E-state index contributed by atoms with van der Waals surface area (Å²) < 4.78 is 4.53. The van der Waals surface area contributed by atoms with E-state index in [1.807, 2.05) is 0 Å². The van der Waals surface area contributed by atoms with Gasteiger partial charge in [-0.1, -0.05) is 11.6 Å². The molecule has 2 rings (SSSR count). The van der Waals surface area contributed by atoms with Gasteiger partial charge in [0.1, 0.15) is 0 Å². The van der Waals surface area contributed by atoms with E-state index in [1.54, 1.807) is 0 Å². The monoisotopic (exact) mass is 239 g/mol. The molecule has 0 spiro atoms. The third-order valence-electron chi connectivity index (χ3n) is 3.00. The average molecular weight is 239 g/mol. The van der Waals surface area contributed by atoms with Gasteiger partial charge >= 0.3 is 5.97 Å². The minimum absolute atomic E-state index is 0.165. The molecule has 0 saturated heterocycles. The molecular weight excluding hydrogens is 226 g/mol. The van der Waals surface area contributed by atoms with Crippen molar-refractivity contribution in [3.05, 3.63) is 12.2 Å². The van der Waals surface area contributed by atoms with Gasteiger partial charge in [0.25, 0.3) is 0 Å². The molecule has 1 saturated carbocycles. The maximum atomic E-state index is 11.8. The molecule has 1 amide bonds. The molecule has 0 aliphatic heterocycles. The van der Waals surface area contributed by atoms with Crippen LogP contribution in [0.3, 0.4) is 0 Å². The zero-order chi connectivity index (χ0) is 12.3. The SMILES string of the molecule is O=C(O)C1CCCC1C(=O)NCc1ncon1. The van der Waals surface area contributed by atoms with Crippen molar-refractivity contribution in [2.24, 2.45) is 11.8 Å². The van der Waals surface area contributed by atoms with Gasteiger partial charge in [0.15, 0.2) is 5.82 Å². The van der Waals surface area contributed by atoms with Crippen molar-refractivity contribution in [3.63, 3.8) is 0 Å². The molecule has 1 fully saturated rings. The van der Waals surface area contributed by atoms with Crippen molar-refractivity contribution < 1.29 is 19.2 Å². The second-order valence-electron chi connectivity index (χ2n) is 4.05. The number of carboxylic acids is 1. The Labute approximate surface area is 97.2 Å². The Morgan fingerprint density at radius 1 is 1.47 bits per heavy atom. The van der Waals surface area contributed by atoms with Crippen LogP contribution in [0.4, 0.5) is 0 Å². The van der Waals surface area contributed by atoms with E-state index in [1.165, 1.54) is 6.39 Å². The normalized spacial score (nSPS) is 23.5. The summed E-state index contributed by atoms with van der Waals surface area (Å²) >= 11 is 0. The van der Waals surface area contributed by atoms with E-state index in [4.69, 9.17) is 5.11 Å². The Balaban J connectivity index is 1.89. The lowest BCUT2D eigenvalue weighted by Gasteiger charge is -2.14. The predicted octanol–water partition coefficient (Wildman–Crippen LogP) is 0.187. The van der Waals surface area contributed by atoms with Crippen LogP contribution < -0.4 is 5.32 Å². The second-order valence-corrected chi connectivity index (χ2v) is 4.05. The van der Waals surface area contributed by atoms with Gasteiger partial charge in [0.2, 0.25) is 12.3 Å². The summed E-state index contributed by atoms with van der Waals surface area (Å²) in [7, 11) is 0. The minimum Gasteiger partial charge on any atom is -0.481 e. The summed E-state index contributed by atoms with van der Waals surface area (Å²) in [6.07, 6.45) is 3.14. The van der Waals surface area contributed by atoms with Gasteiger partial charge < -0.3 is 14.9 Å². The number of carbonyl (C=O) groups excluding carboxylic acids is 1. The van der Waals surface area contributed by atoms with Gasteiger partial charge in [0, 0.05) is 0 Å². The van der Waals surface area contributed by atoms with Gasteiger partial charge in [-0.15, -0.1) is 0 Å². The van der Waals surface area contributed by atoms with Crippen LogP contribution in [-0.2, 0) is 16.1 Å². The molecule has 2 atom stereocenters. The van der Waals surface area contributed by atoms with Crippen LogP contribution in [0.15, 0.2) is 10.9 Å². The highest BCUT2D eigenvalue weighted by Gasteiger charge is 2.37. The van der Waals surface area contributed by atoms with Gasteiger partial charge in [-0.05, 0) is 12.8 Å². The van der Waals surface area contributed by atoms with Crippen molar-refractivity contribution in [2.45, 2.75) is 25.8 Å². The Kier molecular flexibility index (Phi) is 3.36. The largest absolute Gasteiger partial charge is 0.481 e. The van der Waals surface area contributed by atoms with Crippen molar-refractivity contribution in [1.29, 1.82) is 0 Å². The van der Waals surface area contributed by atoms with Crippen molar-refractivity contribution in [3.8, 4) is 0 Å². The van der Waals surface area contributed by atoms with Crippen LogP contribution in [-0.4, -0.2) is 27.1 Å². The highest BCUT2D eigenvalue weighted by atomic mass is 16.5. The molecule has 1 heterocycles. The summed E-state index contributed by atoms with van der Waals surface area (Å²) in [4.78, 5) is 26.5. The van der Waals surface area contributed by atoms with E-state index in [0.29, 0.717) is 18.7 Å². The molecule has 92 valence electrons. The molecule has 1 aliphatic carbocycles. The fourth-order valence-electron chi connectivity index (χ4n) is 2.14. The summed E-state index contributed by atoms with van der Waals surface area (Å²) in [5.74, 6) is -1.79. The Bertz CT molecular complexity index is 404. The summed E-state index contributed by atoms with van der Waals surface area (Å²) in [6, 6.07) is 0. The number of nitrogens with zero attached hydrogens (tertiary/aromatic N) is 2. The highest BCUT2D eigenvalue weighted by molar-refractivity contribution is 5.85. The Morgan fingerprint density at radius 3 is 2.88 bits per heavy atom. The van der Waals surface area contributed by atoms with Crippen molar-refractivity contribution in [2.75, 3.05) is 0 Å². The third kappa shape index (κ3) is 2.61. The number of carbonyl (C=O) groups is 2. The standard InChI is InChI=1S/C10H13N3O4/c14-9(11-4-8-12-5-17-13-8)6-2-1-3-7(6)10(15)16/h5-7H,1-4H2,(H,11,14)(H,15,16). The van der Waals surface area contributed by atoms with Crippen LogP contribution in [0.25, 0.3) is 0 Å². The molecule has 2 N–H and O–H groups in total. The van der Waals surface area contributed by atoms with E-state index in [-0.39, 0.29) is 12.5 Å². The average Bonchev–Trinajstić information content (AvgIpc) is 2.96. The quantitative estimate of drug-likeness (QED) is 0.776. The number of amides is 1. The fraction of sp³-hybridized carbons (Fsp3) is 0.600. The lowest BCUT2D eigenvalue weighted by atomic mass is 9.95. The molecule has 7 nitrogen and oxygen atoms in total. The van der Waals surface area contributed by atoms with Crippen molar-refractivity contribution in [1.82, 2.24) is 15.5 Å². The highest BCUT2D eigenvalue weighted by Crippen LogP contribution is 2.31.